The summed E-state index contributed by atoms with van der Waals surface area (Å²) in [6, 6.07) is 10.5. The van der Waals surface area contributed by atoms with Crippen molar-refractivity contribution < 1.29 is 39.4 Å². The van der Waals surface area contributed by atoms with Gasteiger partial charge in [-0.05, 0) is 29.8 Å². The third-order valence-electron chi connectivity index (χ3n) is 5.03. The molecule has 1 saturated heterocycles. The van der Waals surface area contributed by atoms with Crippen LogP contribution in [0.15, 0.2) is 57.9 Å². The number of aromatic hydroxyl groups is 1. The van der Waals surface area contributed by atoms with Crippen LogP contribution in [0.5, 0.6) is 11.5 Å². The number of aliphatic hydroxyl groups excluding tert-OH is 4. The molecule has 1 fully saturated rings. The van der Waals surface area contributed by atoms with E-state index < -0.39 is 37.3 Å². The Morgan fingerprint density at radius 3 is 2.40 bits per heavy atom. The Morgan fingerprint density at radius 2 is 1.70 bits per heavy atom. The smallest absolute Gasteiger partial charge is 0.229 e. The minimum Gasteiger partial charge on any atom is -0.508 e. The lowest BCUT2D eigenvalue weighted by atomic mass is 9.99. The zero-order valence-electron chi connectivity index (χ0n) is 15.6. The lowest BCUT2D eigenvalue weighted by Crippen LogP contribution is -2.60. The molecule has 158 valence electrons. The SMILES string of the molecule is O=c1c(-c2ccc(O)cc2)coc2cc(OC3O[C@H](CO)[C@@H](O)[C@H](O)[C@H]3O)ccc12. The fraction of sp³-hybridized carbons (Fsp3) is 0.286. The van der Waals surface area contributed by atoms with E-state index in [1.165, 1.54) is 36.6 Å². The average molecular weight is 416 g/mol. The van der Waals surface area contributed by atoms with E-state index in [4.69, 9.17) is 13.9 Å². The second kappa shape index (κ2) is 8.05. The van der Waals surface area contributed by atoms with Crippen LogP contribution in [0, 0.1) is 0 Å². The molecule has 30 heavy (non-hydrogen) atoms. The summed E-state index contributed by atoms with van der Waals surface area (Å²) in [6.45, 7) is -0.572. The van der Waals surface area contributed by atoms with Gasteiger partial charge in [0.25, 0.3) is 0 Å². The molecule has 9 heteroatoms. The third kappa shape index (κ3) is 3.64. The van der Waals surface area contributed by atoms with Crippen molar-refractivity contribution >= 4 is 11.0 Å². The van der Waals surface area contributed by atoms with Crippen LogP contribution in [0.4, 0.5) is 0 Å². The van der Waals surface area contributed by atoms with E-state index in [1.54, 1.807) is 12.1 Å². The quantitative estimate of drug-likeness (QED) is 0.406. The monoisotopic (exact) mass is 416 g/mol. The van der Waals surface area contributed by atoms with Gasteiger partial charge in [-0.1, -0.05) is 12.1 Å². The number of hydrogen-bond donors (Lipinski definition) is 5. The van der Waals surface area contributed by atoms with E-state index in [2.05, 4.69) is 0 Å². The van der Waals surface area contributed by atoms with Crippen LogP contribution in [0.3, 0.4) is 0 Å². The van der Waals surface area contributed by atoms with E-state index in [9.17, 15) is 30.3 Å². The van der Waals surface area contributed by atoms with E-state index in [0.29, 0.717) is 16.5 Å². The maximum absolute atomic E-state index is 12.8. The van der Waals surface area contributed by atoms with Gasteiger partial charge in [-0.25, -0.2) is 0 Å². The third-order valence-corrected chi connectivity index (χ3v) is 5.03. The van der Waals surface area contributed by atoms with Gasteiger partial charge in [-0.2, -0.15) is 0 Å². The van der Waals surface area contributed by atoms with Crippen LogP contribution < -0.4 is 10.2 Å². The number of ether oxygens (including phenoxy) is 2. The summed E-state index contributed by atoms with van der Waals surface area (Å²) in [5, 5.41) is 48.7. The van der Waals surface area contributed by atoms with E-state index in [1.807, 2.05) is 0 Å². The zero-order chi connectivity index (χ0) is 21.4. The summed E-state index contributed by atoms with van der Waals surface area (Å²) in [6.07, 6.45) is -5.75. The first-order valence-corrected chi connectivity index (χ1v) is 9.21. The molecule has 9 nitrogen and oxygen atoms in total. The van der Waals surface area contributed by atoms with Crippen molar-refractivity contribution in [3.05, 3.63) is 59.0 Å². The largest absolute Gasteiger partial charge is 0.508 e. The molecule has 0 amide bonds. The molecular formula is C21H20O9. The molecule has 3 aromatic rings. The van der Waals surface area contributed by atoms with E-state index in [0.717, 1.165) is 0 Å². The topological polar surface area (TPSA) is 150 Å². The number of phenols is 1. The van der Waals surface area contributed by atoms with Gasteiger partial charge < -0.3 is 39.4 Å². The van der Waals surface area contributed by atoms with Gasteiger partial charge in [-0.15, -0.1) is 0 Å². The lowest BCUT2D eigenvalue weighted by Gasteiger charge is -2.39. The average Bonchev–Trinajstić information content (AvgIpc) is 2.75. The molecule has 0 spiro atoms. The number of hydrogen-bond acceptors (Lipinski definition) is 9. The summed E-state index contributed by atoms with van der Waals surface area (Å²) in [5.41, 5.74) is 0.862. The first-order valence-electron chi connectivity index (χ1n) is 9.21. The summed E-state index contributed by atoms with van der Waals surface area (Å²) in [4.78, 5) is 12.8. The maximum Gasteiger partial charge on any atom is 0.229 e. The van der Waals surface area contributed by atoms with Crippen molar-refractivity contribution in [1.29, 1.82) is 0 Å². The maximum atomic E-state index is 12.8. The first kappa shape index (κ1) is 20.3. The van der Waals surface area contributed by atoms with Crippen molar-refractivity contribution in [2.45, 2.75) is 30.7 Å². The number of aliphatic hydroxyl groups is 4. The summed E-state index contributed by atoms with van der Waals surface area (Å²) >= 11 is 0. The number of rotatable bonds is 4. The zero-order valence-corrected chi connectivity index (χ0v) is 15.6. The molecule has 5 N–H and O–H groups in total. The number of benzene rings is 2. The Labute approximate surface area is 170 Å². The molecule has 0 saturated carbocycles. The van der Waals surface area contributed by atoms with Crippen LogP contribution in [0.1, 0.15) is 0 Å². The van der Waals surface area contributed by atoms with Crippen LogP contribution >= 0.6 is 0 Å². The highest BCUT2D eigenvalue weighted by molar-refractivity contribution is 5.82. The second-order valence-electron chi connectivity index (χ2n) is 7.00. The molecular weight excluding hydrogens is 396 g/mol. The Hall–Kier alpha value is -2.95. The van der Waals surface area contributed by atoms with Crippen LogP contribution in [0.2, 0.25) is 0 Å². The minimum atomic E-state index is -1.56. The molecule has 5 atom stereocenters. The predicted molar refractivity (Wildman–Crippen MR) is 104 cm³/mol. The summed E-state index contributed by atoms with van der Waals surface area (Å²) in [7, 11) is 0. The Morgan fingerprint density at radius 1 is 0.967 bits per heavy atom. The molecule has 2 heterocycles. The molecule has 1 unspecified atom stereocenters. The summed E-state index contributed by atoms with van der Waals surface area (Å²) in [5.74, 6) is 0.270. The molecule has 1 aliphatic heterocycles. The first-order chi connectivity index (χ1) is 14.4. The van der Waals surface area contributed by atoms with Gasteiger partial charge >= 0.3 is 0 Å². The van der Waals surface area contributed by atoms with Crippen molar-refractivity contribution in [3.8, 4) is 22.6 Å². The highest BCUT2D eigenvalue weighted by Crippen LogP contribution is 2.27. The normalized spacial score (nSPS) is 26.6. The molecule has 0 radical (unpaired) electrons. The van der Waals surface area contributed by atoms with Crippen LogP contribution in [-0.2, 0) is 4.74 Å². The van der Waals surface area contributed by atoms with Crippen molar-refractivity contribution in [3.63, 3.8) is 0 Å². The summed E-state index contributed by atoms with van der Waals surface area (Å²) < 4.78 is 16.4. The van der Waals surface area contributed by atoms with Crippen molar-refractivity contribution in [2.75, 3.05) is 6.61 Å². The molecule has 2 aromatic carbocycles. The fourth-order valence-corrected chi connectivity index (χ4v) is 3.32. The van der Waals surface area contributed by atoms with Crippen LogP contribution in [-0.4, -0.2) is 62.8 Å². The molecule has 0 bridgehead atoms. The van der Waals surface area contributed by atoms with Gasteiger partial charge in [-0.3, -0.25) is 4.79 Å². The highest BCUT2D eigenvalue weighted by atomic mass is 16.7. The van der Waals surface area contributed by atoms with Gasteiger partial charge in [0.05, 0.1) is 17.6 Å². The van der Waals surface area contributed by atoms with Crippen molar-refractivity contribution in [2.24, 2.45) is 0 Å². The Bertz CT molecular complexity index is 1090. The predicted octanol–water partition coefficient (Wildman–Crippen LogP) is 0.344. The Kier molecular flexibility index (Phi) is 5.46. The van der Waals surface area contributed by atoms with Crippen molar-refractivity contribution in [1.82, 2.24) is 0 Å². The Balaban J connectivity index is 1.62. The second-order valence-corrected chi connectivity index (χ2v) is 7.00. The fourth-order valence-electron chi connectivity index (χ4n) is 3.32. The lowest BCUT2D eigenvalue weighted by molar-refractivity contribution is -0.277. The van der Waals surface area contributed by atoms with Gasteiger partial charge in [0.1, 0.15) is 47.8 Å². The van der Waals surface area contributed by atoms with E-state index >= 15 is 0 Å². The molecule has 1 aromatic heterocycles. The number of fused-ring (bicyclic) bond motifs is 1. The standard InChI is InChI=1S/C21H20O9/c22-8-16-18(25)19(26)20(27)21(30-16)29-12-5-6-13-15(7-12)28-9-14(17(13)24)10-1-3-11(23)4-2-10/h1-7,9,16,18-23,25-27H,8H2/t16-,18-,19+,20-,21?/m1/s1. The molecule has 1 aliphatic rings. The van der Waals surface area contributed by atoms with Gasteiger partial charge in [0.15, 0.2) is 5.43 Å². The van der Waals surface area contributed by atoms with Crippen LogP contribution in [0.25, 0.3) is 22.1 Å². The van der Waals surface area contributed by atoms with Gasteiger partial charge in [0.2, 0.25) is 6.29 Å². The van der Waals surface area contributed by atoms with E-state index in [-0.39, 0.29) is 22.5 Å². The molecule has 4 rings (SSSR count). The highest BCUT2D eigenvalue weighted by Gasteiger charge is 2.44. The number of phenolic OH excluding ortho intramolecular Hbond substituents is 1. The minimum absolute atomic E-state index is 0.0823. The molecule has 0 aliphatic carbocycles. The van der Waals surface area contributed by atoms with Gasteiger partial charge in [0, 0.05) is 6.07 Å².